The van der Waals surface area contributed by atoms with Crippen LogP contribution < -0.4 is 0 Å². The molecule has 7 heteroatoms. The van der Waals surface area contributed by atoms with E-state index in [4.69, 9.17) is 16.7 Å². The Kier molecular flexibility index (Phi) is 4.95. The van der Waals surface area contributed by atoms with Gasteiger partial charge in [-0.15, -0.1) is 0 Å². The lowest BCUT2D eigenvalue weighted by atomic mass is 10.2. The second kappa shape index (κ2) is 5.90. The quantitative estimate of drug-likeness (QED) is 0.906. The number of carbonyl (C=O) groups is 1. The lowest BCUT2D eigenvalue weighted by Crippen LogP contribution is -2.30. The molecule has 0 saturated carbocycles. The zero-order valence-corrected chi connectivity index (χ0v) is 12.5. The number of carboxylic acids is 1. The van der Waals surface area contributed by atoms with Crippen molar-refractivity contribution in [3.63, 3.8) is 0 Å². The highest BCUT2D eigenvalue weighted by molar-refractivity contribution is 7.89. The average Bonchev–Trinajstić information content (AvgIpc) is 2.27. The summed E-state index contributed by atoms with van der Waals surface area (Å²) in [6.45, 7) is 4.19. The minimum atomic E-state index is -3.64. The predicted octanol–water partition coefficient (Wildman–Crippen LogP) is 2.31. The van der Waals surface area contributed by atoms with Gasteiger partial charge in [0, 0.05) is 13.6 Å². The third kappa shape index (κ3) is 3.68. The summed E-state index contributed by atoms with van der Waals surface area (Å²) in [6, 6.07) is 3.61. The van der Waals surface area contributed by atoms with Crippen molar-refractivity contribution < 1.29 is 18.3 Å². The van der Waals surface area contributed by atoms with E-state index in [2.05, 4.69) is 0 Å². The summed E-state index contributed by atoms with van der Waals surface area (Å²) in [7, 11) is -2.16. The van der Waals surface area contributed by atoms with Crippen LogP contribution in [-0.2, 0) is 10.0 Å². The molecule has 0 spiro atoms. The van der Waals surface area contributed by atoms with Gasteiger partial charge in [0.15, 0.2) is 0 Å². The maximum Gasteiger partial charge on any atom is 0.337 e. The summed E-state index contributed by atoms with van der Waals surface area (Å²) in [5, 5.41) is 8.75. The normalized spacial score (nSPS) is 12.1. The van der Waals surface area contributed by atoms with Crippen molar-refractivity contribution in [2.24, 2.45) is 5.92 Å². The van der Waals surface area contributed by atoms with Gasteiger partial charge in [-0.1, -0.05) is 25.4 Å². The molecule has 0 unspecified atom stereocenters. The molecule has 1 aromatic carbocycles. The number of hydrogen-bond acceptors (Lipinski definition) is 3. The number of hydrogen-bond donors (Lipinski definition) is 1. The number of halogens is 1. The van der Waals surface area contributed by atoms with Gasteiger partial charge in [-0.2, -0.15) is 0 Å². The van der Waals surface area contributed by atoms with E-state index in [0.29, 0.717) is 6.54 Å². The van der Waals surface area contributed by atoms with Crippen molar-refractivity contribution in [1.29, 1.82) is 0 Å². The molecule has 0 atom stereocenters. The number of carboxylic acid groups (broad SMARTS) is 1. The molecular formula is C12H16ClNO4S. The molecule has 0 aliphatic carbocycles. The maximum absolute atomic E-state index is 12.2. The molecule has 0 fully saturated rings. The predicted molar refractivity (Wildman–Crippen MR) is 73.1 cm³/mol. The van der Waals surface area contributed by atoms with E-state index in [9.17, 15) is 13.2 Å². The van der Waals surface area contributed by atoms with Crippen molar-refractivity contribution in [2.45, 2.75) is 18.7 Å². The van der Waals surface area contributed by atoms with Crippen LogP contribution in [0.4, 0.5) is 0 Å². The van der Waals surface area contributed by atoms with Crippen LogP contribution in [0.3, 0.4) is 0 Å². The minimum Gasteiger partial charge on any atom is -0.478 e. The summed E-state index contributed by atoms with van der Waals surface area (Å²) in [4.78, 5) is 10.8. The summed E-state index contributed by atoms with van der Waals surface area (Å²) in [6.07, 6.45) is 0. The van der Waals surface area contributed by atoms with E-state index in [-0.39, 0.29) is 21.4 Å². The van der Waals surface area contributed by atoms with Gasteiger partial charge in [0.05, 0.1) is 15.5 Å². The fourth-order valence-electron chi connectivity index (χ4n) is 1.62. The molecule has 5 nitrogen and oxygen atoms in total. The van der Waals surface area contributed by atoms with E-state index in [1.165, 1.54) is 23.5 Å². The van der Waals surface area contributed by atoms with E-state index in [1.807, 2.05) is 13.8 Å². The largest absolute Gasteiger partial charge is 0.478 e. The fourth-order valence-corrected chi connectivity index (χ4v) is 3.31. The summed E-state index contributed by atoms with van der Waals surface area (Å²) in [5.74, 6) is -1.00. The Hall–Kier alpha value is -1.11. The van der Waals surface area contributed by atoms with Crippen molar-refractivity contribution in [3.8, 4) is 0 Å². The topological polar surface area (TPSA) is 74.7 Å². The monoisotopic (exact) mass is 305 g/mol. The maximum atomic E-state index is 12.2. The Bertz CT molecular complexity index is 583. The highest BCUT2D eigenvalue weighted by Gasteiger charge is 2.23. The lowest BCUT2D eigenvalue weighted by molar-refractivity contribution is 0.0697. The average molecular weight is 306 g/mol. The number of nitrogens with zero attached hydrogens (tertiary/aromatic N) is 1. The van der Waals surface area contributed by atoms with Crippen LogP contribution in [0.5, 0.6) is 0 Å². The highest BCUT2D eigenvalue weighted by Crippen LogP contribution is 2.23. The molecule has 0 radical (unpaired) electrons. The van der Waals surface area contributed by atoms with Crippen LogP contribution >= 0.6 is 11.6 Å². The Morgan fingerprint density at radius 1 is 1.42 bits per heavy atom. The zero-order valence-electron chi connectivity index (χ0n) is 10.9. The van der Waals surface area contributed by atoms with Crippen LogP contribution in [0, 0.1) is 5.92 Å². The Balaban J connectivity index is 3.16. The van der Waals surface area contributed by atoms with Crippen LogP contribution in [0.25, 0.3) is 0 Å². The van der Waals surface area contributed by atoms with Crippen molar-refractivity contribution >= 4 is 27.6 Å². The highest BCUT2D eigenvalue weighted by atomic mass is 35.5. The van der Waals surface area contributed by atoms with Crippen LogP contribution in [0.1, 0.15) is 24.2 Å². The molecule has 0 bridgehead atoms. The van der Waals surface area contributed by atoms with Gasteiger partial charge in [0.25, 0.3) is 0 Å². The van der Waals surface area contributed by atoms with E-state index < -0.39 is 16.0 Å². The molecule has 0 aliphatic heterocycles. The SMILES string of the molecule is CC(C)CN(C)S(=O)(=O)c1ccc(C(=O)O)c(Cl)c1. The fraction of sp³-hybridized carbons (Fsp3) is 0.417. The molecule has 0 amide bonds. The smallest absolute Gasteiger partial charge is 0.337 e. The van der Waals surface area contributed by atoms with E-state index >= 15 is 0 Å². The molecule has 0 heterocycles. The Labute approximate surface area is 117 Å². The molecule has 0 saturated heterocycles. The first kappa shape index (κ1) is 15.9. The van der Waals surface area contributed by atoms with Gasteiger partial charge in [0.1, 0.15) is 0 Å². The van der Waals surface area contributed by atoms with Gasteiger partial charge < -0.3 is 5.11 Å². The van der Waals surface area contributed by atoms with Crippen LogP contribution in [0.15, 0.2) is 23.1 Å². The first-order chi connectivity index (χ1) is 8.66. The standard InChI is InChI=1S/C12H16ClNO4S/c1-8(2)7-14(3)19(17,18)9-4-5-10(12(15)16)11(13)6-9/h4-6,8H,7H2,1-3H3,(H,15,16). The first-order valence-electron chi connectivity index (χ1n) is 5.65. The van der Waals surface area contributed by atoms with E-state index in [1.54, 1.807) is 0 Å². The number of rotatable bonds is 5. The van der Waals surface area contributed by atoms with Gasteiger partial charge in [0.2, 0.25) is 10.0 Å². The zero-order chi connectivity index (χ0) is 14.8. The Morgan fingerprint density at radius 3 is 2.42 bits per heavy atom. The van der Waals surface area contributed by atoms with E-state index in [0.717, 1.165) is 6.07 Å². The summed E-state index contributed by atoms with van der Waals surface area (Å²) in [5.41, 5.74) is -0.118. The number of sulfonamides is 1. The number of benzene rings is 1. The second-order valence-corrected chi connectivity index (χ2v) is 7.08. The Morgan fingerprint density at radius 2 is 2.00 bits per heavy atom. The van der Waals surface area contributed by atoms with Crippen molar-refractivity contribution in [2.75, 3.05) is 13.6 Å². The van der Waals surface area contributed by atoms with Gasteiger partial charge in [-0.3, -0.25) is 0 Å². The molecule has 106 valence electrons. The molecule has 1 aromatic rings. The molecule has 19 heavy (non-hydrogen) atoms. The van der Waals surface area contributed by atoms with Gasteiger partial charge >= 0.3 is 5.97 Å². The molecule has 1 rings (SSSR count). The molecule has 1 N–H and O–H groups in total. The number of aromatic carboxylic acids is 1. The van der Waals surface area contributed by atoms with Crippen LogP contribution in [-0.4, -0.2) is 37.4 Å². The van der Waals surface area contributed by atoms with Gasteiger partial charge in [-0.25, -0.2) is 17.5 Å². The molecule has 0 aromatic heterocycles. The van der Waals surface area contributed by atoms with Crippen LogP contribution in [0.2, 0.25) is 5.02 Å². The molecular weight excluding hydrogens is 290 g/mol. The molecule has 0 aliphatic rings. The second-order valence-electron chi connectivity index (χ2n) is 4.63. The summed E-state index contributed by atoms with van der Waals surface area (Å²) >= 11 is 5.78. The van der Waals surface area contributed by atoms with Gasteiger partial charge in [-0.05, 0) is 24.1 Å². The lowest BCUT2D eigenvalue weighted by Gasteiger charge is -2.19. The van der Waals surface area contributed by atoms with Crippen molar-refractivity contribution in [3.05, 3.63) is 28.8 Å². The van der Waals surface area contributed by atoms with Crippen molar-refractivity contribution in [1.82, 2.24) is 4.31 Å². The third-order valence-electron chi connectivity index (χ3n) is 2.50. The first-order valence-corrected chi connectivity index (χ1v) is 7.47. The third-order valence-corrected chi connectivity index (χ3v) is 4.63. The minimum absolute atomic E-state index is 0.00866. The summed E-state index contributed by atoms with van der Waals surface area (Å²) < 4.78 is 25.7.